The second-order valence-electron chi connectivity index (χ2n) is 4.64. The smallest absolute Gasteiger partial charge is 0.416 e. The predicted molar refractivity (Wildman–Crippen MR) is 61.8 cm³/mol. The zero-order valence-electron chi connectivity index (χ0n) is 10.4. The molecule has 106 valence electrons. The molecule has 1 atom stereocenters. The fourth-order valence-corrected chi connectivity index (χ4v) is 1.70. The first-order chi connectivity index (χ1) is 8.62. The topological polar surface area (TPSA) is 59.3 Å². The summed E-state index contributed by atoms with van der Waals surface area (Å²) in [5, 5.41) is 9.05. The van der Waals surface area contributed by atoms with E-state index in [1.807, 2.05) is 0 Å². The quantitative estimate of drug-likeness (QED) is 0.920. The standard InChI is InChI=1S/C12H14F3NO3/c1-7(2)5-9(11(18)19)16-4-3-8(6-10(16)17)12(13,14)15/h3-4,6-7,9H,5H2,1-2H3,(H,18,19). The Labute approximate surface area is 107 Å². The molecule has 0 radical (unpaired) electrons. The van der Waals surface area contributed by atoms with Crippen molar-refractivity contribution in [1.29, 1.82) is 0 Å². The van der Waals surface area contributed by atoms with Crippen molar-refractivity contribution in [3.8, 4) is 0 Å². The number of pyridine rings is 1. The summed E-state index contributed by atoms with van der Waals surface area (Å²) in [5.74, 6) is -1.24. The molecule has 0 saturated heterocycles. The van der Waals surface area contributed by atoms with Crippen LogP contribution in [0.25, 0.3) is 0 Å². The molecule has 1 aromatic heterocycles. The third kappa shape index (κ3) is 3.84. The Morgan fingerprint density at radius 2 is 2.00 bits per heavy atom. The first-order valence-corrected chi connectivity index (χ1v) is 5.65. The van der Waals surface area contributed by atoms with E-state index >= 15 is 0 Å². The number of carboxylic acids is 1. The summed E-state index contributed by atoms with van der Waals surface area (Å²) in [7, 11) is 0. The predicted octanol–water partition coefficient (Wildman–Crippen LogP) is 2.54. The van der Waals surface area contributed by atoms with Crippen LogP contribution in [0.15, 0.2) is 23.1 Å². The van der Waals surface area contributed by atoms with E-state index < -0.39 is 29.3 Å². The van der Waals surface area contributed by atoms with Gasteiger partial charge >= 0.3 is 12.1 Å². The Hall–Kier alpha value is -1.79. The lowest BCUT2D eigenvalue weighted by Gasteiger charge is -2.18. The second-order valence-corrected chi connectivity index (χ2v) is 4.64. The van der Waals surface area contributed by atoms with Gasteiger partial charge in [0.2, 0.25) is 0 Å². The summed E-state index contributed by atoms with van der Waals surface area (Å²) >= 11 is 0. The van der Waals surface area contributed by atoms with Crippen molar-refractivity contribution >= 4 is 5.97 Å². The molecular formula is C12H14F3NO3. The summed E-state index contributed by atoms with van der Waals surface area (Å²) < 4.78 is 38.0. The molecule has 0 fully saturated rings. The molecule has 1 N–H and O–H groups in total. The van der Waals surface area contributed by atoms with Gasteiger partial charge in [0.25, 0.3) is 5.56 Å². The number of alkyl halides is 3. The Kier molecular flexibility index (Phi) is 4.39. The molecule has 0 aliphatic rings. The molecule has 7 heteroatoms. The number of hydrogen-bond acceptors (Lipinski definition) is 2. The van der Waals surface area contributed by atoms with Crippen LogP contribution in [0.2, 0.25) is 0 Å². The molecule has 1 rings (SSSR count). The van der Waals surface area contributed by atoms with E-state index in [9.17, 15) is 22.8 Å². The van der Waals surface area contributed by atoms with E-state index in [0.29, 0.717) is 12.1 Å². The number of aliphatic carboxylic acids is 1. The van der Waals surface area contributed by atoms with E-state index in [1.165, 1.54) is 0 Å². The number of carboxylic acid groups (broad SMARTS) is 1. The SMILES string of the molecule is CC(C)CC(C(=O)O)n1ccc(C(F)(F)F)cc1=O. The van der Waals surface area contributed by atoms with Gasteiger partial charge in [0, 0.05) is 12.3 Å². The Balaban J connectivity index is 3.20. The van der Waals surface area contributed by atoms with Crippen molar-refractivity contribution in [2.24, 2.45) is 5.92 Å². The van der Waals surface area contributed by atoms with Gasteiger partial charge in [0.05, 0.1) is 5.56 Å². The van der Waals surface area contributed by atoms with E-state index in [0.717, 1.165) is 10.8 Å². The summed E-state index contributed by atoms with van der Waals surface area (Å²) in [6.07, 6.45) is -3.57. The fourth-order valence-electron chi connectivity index (χ4n) is 1.70. The monoisotopic (exact) mass is 277 g/mol. The maximum Gasteiger partial charge on any atom is 0.416 e. The van der Waals surface area contributed by atoms with Gasteiger partial charge in [-0.25, -0.2) is 4.79 Å². The minimum absolute atomic E-state index is 0.00436. The van der Waals surface area contributed by atoms with Crippen molar-refractivity contribution in [2.45, 2.75) is 32.5 Å². The first-order valence-electron chi connectivity index (χ1n) is 5.65. The highest BCUT2D eigenvalue weighted by molar-refractivity contribution is 5.71. The average Bonchev–Trinajstić information content (AvgIpc) is 2.24. The largest absolute Gasteiger partial charge is 0.480 e. The lowest BCUT2D eigenvalue weighted by Crippen LogP contribution is -2.31. The van der Waals surface area contributed by atoms with Crippen molar-refractivity contribution in [2.75, 3.05) is 0 Å². The van der Waals surface area contributed by atoms with Crippen LogP contribution in [0.5, 0.6) is 0 Å². The Morgan fingerprint density at radius 1 is 1.42 bits per heavy atom. The zero-order valence-corrected chi connectivity index (χ0v) is 10.4. The molecule has 0 amide bonds. The average molecular weight is 277 g/mol. The lowest BCUT2D eigenvalue weighted by molar-refractivity contribution is -0.141. The van der Waals surface area contributed by atoms with E-state index in [-0.39, 0.29) is 12.3 Å². The summed E-state index contributed by atoms with van der Waals surface area (Å²) in [6.45, 7) is 3.54. The summed E-state index contributed by atoms with van der Waals surface area (Å²) in [6, 6.07) is -0.0386. The van der Waals surface area contributed by atoms with E-state index in [2.05, 4.69) is 0 Å². The van der Waals surface area contributed by atoms with Gasteiger partial charge in [0.15, 0.2) is 0 Å². The molecule has 0 saturated carbocycles. The highest BCUT2D eigenvalue weighted by Crippen LogP contribution is 2.28. The van der Waals surface area contributed by atoms with Crippen LogP contribution in [0, 0.1) is 5.92 Å². The van der Waals surface area contributed by atoms with Gasteiger partial charge in [-0.15, -0.1) is 0 Å². The minimum Gasteiger partial charge on any atom is -0.480 e. The highest BCUT2D eigenvalue weighted by atomic mass is 19.4. The molecule has 0 aliphatic heterocycles. The number of carbonyl (C=O) groups is 1. The Bertz CT molecular complexity index is 520. The third-order valence-electron chi connectivity index (χ3n) is 2.59. The Morgan fingerprint density at radius 3 is 2.37 bits per heavy atom. The van der Waals surface area contributed by atoms with Gasteiger partial charge < -0.3 is 9.67 Å². The van der Waals surface area contributed by atoms with Crippen LogP contribution in [-0.4, -0.2) is 15.6 Å². The molecule has 4 nitrogen and oxygen atoms in total. The molecule has 0 aromatic carbocycles. The van der Waals surface area contributed by atoms with Crippen LogP contribution >= 0.6 is 0 Å². The summed E-state index contributed by atoms with van der Waals surface area (Å²) in [5.41, 5.74) is -2.05. The van der Waals surface area contributed by atoms with Crippen LogP contribution in [0.1, 0.15) is 31.9 Å². The van der Waals surface area contributed by atoms with Crippen LogP contribution in [0.4, 0.5) is 13.2 Å². The molecule has 0 aliphatic carbocycles. The van der Waals surface area contributed by atoms with Crippen molar-refractivity contribution in [3.63, 3.8) is 0 Å². The molecule has 1 aromatic rings. The number of nitrogens with zero attached hydrogens (tertiary/aromatic N) is 1. The minimum atomic E-state index is -4.62. The maximum atomic E-state index is 12.4. The van der Waals surface area contributed by atoms with Crippen molar-refractivity contribution < 1.29 is 23.1 Å². The maximum absolute atomic E-state index is 12.4. The fraction of sp³-hybridized carbons (Fsp3) is 0.500. The normalized spacial score (nSPS) is 13.6. The molecular weight excluding hydrogens is 263 g/mol. The number of halogens is 3. The molecule has 1 heterocycles. The van der Waals surface area contributed by atoms with Gasteiger partial charge in [-0.3, -0.25) is 4.79 Å². The van der Waals surface area contributed by atoms with Crippen LogP contribution < -0.4 is 5.56 Å². The lowest BCUT2D eigenvalue weighted by atomic mass is 10.0. The highest BCUT2D eigenvalue weighted by Gasteiger charge is 2.32. The molecule has 0 spiro atoms. The number of rotatable bonds is 4. The molecule has 19 heavy (non-hydrogen) atoms. The van der Waals surface area contributed by atoms with Gasteiger partial charge in [0.1, 0.15) is 6.04 Å². The molecule has 1 unspecified atom stereocenters. The van der Waals surface area contributed by atoms with Gasteiger partial charge in [-0.05, 0) is 18.4 Å². The van der Waals surface area contributed by atoms with Crippen LogP contribution in [0.3, 0.4) is 0 Å². The van der Waals surface area contributed by atoms with Crippen LogP contribution in [-0.2, 0) is 11.0 Å². The van der Waals surface area contributed by atoms with E-state index in [4.69, 9.17) is 5.11 Å². The van der Waals surface area contributed by atoms with Crippen molar-refractivity contribution in [1.82, 2.24) is 4.57 Å². The first kappa shape index (κ1) is 15.3. The van der Waals surface area contributed by atoms with Gasteiger partial charge in [-0.1, -0.05) is 13.8 Å². The summed E-state index contributed by atoms with van der Waals surface area (Å²) in [4.78, 5) is 22.7. The van der Waals surface area contributed by atoms with Gasteiger partial charge in [-0.2, -0.15) is 13.2 Å². The molecule has 0 bridgehead atoms. The number of aromatic nitrogens is 1. The zero-order chi connectivity index (χ0) is 14.8. The van der Waals surface area contributed by atoms with Crippen molar-refractivity contribution in [3.05, 3.63) is 34.2 Å². The van der Waals surface area contributed by atoms with E-state index in [1.54, 1.807) is 13.8 Å². The third-order valence-corrected chi connectivity index (χ3v) is 2.59. The number of hydrogen-bond donors (Lipinski definition) is 1. The second kappa shape index (κ2) is 5.46.